The smallest absolute Gasteiger partial charge is 0.346 e. The highest BCUT2D eigenvalue weighted by Crippen LogP contribution is 2.29. The molecule has 152 valence electrons. The molecule has 0 N–H and O–H groups in total. The van der Waals surface area contributed by atoms with Gasteiger partial charge in [-0.2, -0.15) is 0 Å². The largest absolute Gasteiger partial charge is 0.479 e. The van der Waals surface area contributed by atoms with E-state index in [9.17, 15) is 18.8 Å². The van der Waals surface area contributed by atoms with E-state index in [1.54, 1.807) is 31.2 Å². The lowest BCUT2D eigenvalue weighted by atomic mass is 10.2. The third-order valence-corrected chi connectivity index (χ3v) is 4.49. The monoisotopic (exact) mass is 410 g/mol. The first-order valence-corrected chi connectivity index (χ1v) is 8.85. The minimum absolute atomic E-state index is 0.182. The number of nitrogens with zero attached hydrogens (tertiary/aromatic N) is 4. The van der Waals surface area contributed by atoms with Crippen molar-refractivity contribution in [1.82, 2.24) is 15.0 Å². The summed E-state index contributed by atoms with van der Waals surface area (Å²) < 4.78 is 26.0. The van der Waals surface area contributed by atoms with Crippen molar-refractivity contribution in [1.29, 1.82) is 0 Å². The van der Waals surface area contributed by atoms with Gasteiger partial charge in [-0.05, 0) is 37.3 Å². The van der Waals surface area contributed by atoms with Crippen LogP contribution in [0.2, 0.25) is 0 Å². The molecule has 0 spiro atoms. The molecule has 2 amide bonds. The molecule has 9 nitrogen and oxygen atoms in total. The van der Waals surface area contributed by atoms with Gasteiger partial charge in [0.15, 0.2) is 6.10 Å². The molecular weight excluding hydrogens is 395 g/mol. The van der Waals surface area contributed by atoms with Crippen molar-refractivity contribution in [3.8, 4) is 11.4 Å². The quantitative estimate of drug-likeness (QED) is 0.468. The van der Waals surface area contributed by atoms with Crippen LogP contribution >= 0.6 is 0 Å². The van der Waals surface area contributed by atoms with Gasteiger partial charge in [0.05, 0.1) is 24.0 Å². The maximum Gasteiger partial charge on any atom is 0.346 e. The van der Waals surface area contributed by atoms with Crippen molar-refractivity contribution in [2.24, 2.45) is 0 Å². The van der Waals surface area contributed by atoms with Gasteiger partial charge >= 0.3 is 5.97 Å². The van der Waals surface area contributed by atoms with E-state index in [4.69, 9.17) is 4.74 Å². The first-order chi connectivity index (χ1) is 14.4. The minimum Gasteiger partial charge on any atom is -0.479 e. The highest BCUT2D eigenvalue weighted by atomic mass is 19.1. The van der Waals surface area contributed by atoms with Crippen molar-refractivity contribution in [3.05, 3.63) is 54.4 Å². The lowest BCUT2D eigenvalue weighted by molar-refractivity contribution is -0.147. The number of hydrogen-bond acceptors (Lipinski definition) is 7. The molecule has 0 saturated carbocycles. The van der Waals surface area contributed by atoms with E-state index in [0.29, 0.717) is 17.0 Å². The second kappa shape index (κ2) is 7.39. The van der Waals surface area contributed by atoms with Crippen LogP contribution in [-0.2, 0) is 19.1 Å². The number of esters is 1. The van der Waals surface area contributed by atoms with E-state index in [1.807, 2.05) is 0 Å². The zero-order valence-electron chi connectivity index (χ0n) is 15.9. The molecule has 0 fully saturated rings. The Hall–Kier alpha value is -4.08. The molecule has 1 aliphatic rings. The van der Waals surface area contributed by atoms with Gasteiger partial charge in [-0.25, -0.2) is 18.8 Å². The SMILES string of the molecule is COC(=O)C(C)Oc1ccc(-n2nnc3cc(F)c(N4C(=O)C=CC4=O)cc32)cc1. The molecule has 0 radical (unpaired) electrons. The van der Waals surface area contributed by atoms with Gasteiger partial charge in [-0.15, -0.1) is 5.10 Å². The number of imide groups is 1. The number of amides is 2. The van der Waals surface area contributed by atoms with Gasteiger partial charge in [-0.3, -0.25) is 9.59 Å². The summed E-state index contributed by atoms with van der Waals surface area (Å²) in [6.45, 7) is 1.57. The Morgan fingerprint density at radius 1 is 1.10 bits per heavy atom. The van der Waals surface area contributed by atoms with E-state index in [0.717, 1.165) is 23.1 Å². The fourth-order valence-corrected chi connectivity index (χ4v) is 3.02. The Balaban J connectivity index is 1.68. The summed E-state index contributed by atoms with van der Waals surface area (Å²) in [7, 11) is 1.28. The van der Waals surface area contributed by atoms with E-state index >= 15 is 0 Å². The molecule has 2 heterocycles. The average molecular weight is 410 g/mol. The highest BCUT2D eigenvalue weighted by molar-refractivity contribution is 6.28. The Labute approximate surface area is 169 Å². The van der Waals surface area contributed by atoms with Crippen molar-refractivity contribution in [3.63, 3.8) is 0 Å². The minimum atomic E-state index is -0.775. The number of hydrogen-bond donors (Lipinski definition) is 0. The van der Waals surface area contributed by atoms with Crippen LogP contribution in [0.25, 0.3) is 16.7 Å². The number of methoxy groups -OCH3 is 1. The molecule has 3 aromatic rings. The summed E-state index contributed by atoms with van der Waals surface area (Å²) in [5, 5.41) is 7.97. The van der Waals surface area contributed by atoms with Crippen LogP contribution in [0.5, 0.6) is 5.75 Å². The molecule has 4 rings (SSSR count). The van der Waals surface area contributed by atoms with Crippen molar-refractivity contribution < 1.29 is 28.2 Å². The molecule has 1 atom stereocenters. The average Bonchev–Trinajstić information content (AvgIpc) is 3.29. The number of halogens is 1. The number of aromatic nitrogens is 3. The van der Waals surface area contributed by atoms with E-state index in [-0.39, 0.29) is 11.2 Å². The Kier molecular flexibility index (Phi) is 4.74. The van der Waals surface area contributed by atoms with Crippen LogP contribution < -0.4 is 9.64 Å². The van der Waals surface area contributed by atoms with Crippen molar-refractivity contribution in [2.75, 3.05) is 12.0 Å². The van der Waals surface area contributed by atoms with E-state index < -0.39 is 29.7 Å². The zero-order valence-corrected chi connectivity index (χ0v) is 15.9. The third kappa shape index (κ3) is 3.28. The maximum atomic E-state index is 14.5. The number of carbonyl (C=O) groups excluding carboxylic acids is 3. The Morgan fingerprint density at radius 3 is 2.40 bits per heavy atom. The van der Waals surface area contributed by atoms with Gasteiger partial charge in [-0.1, -0.05) is 5.21 Å². The summed E-state index contributed by atoms with van der Waals surface area (Å²) in [6.07, 6.45) is 1.38. The Bertz CT molecular complexity index is 1180. The number of benzene rings is 2. The standard InChI is InChI=1S/C20H15FN4O5/c1-11(20(28)29-2)30-13-5-3-12(4-6-13)25-17-10-16(14(21)9-15(17)22-23-25)24-18(26)7-8-19(24)27/h3-11H,1-2H3. The molecule has 1 unspecified atom stereocenters. The summed E-state index contributed by atoms with van der Waals surface area (Å²) >= 11 is 0. The normalized spacial score (nSPS) is 14.4. The van der Waals surface area contributed by atoms with Crippen LogP contribution in [-0.4, -0.2) is 46.0 Å². The number of fused-ring (bicyclic) bond motifs is 1. The summed E-state index contributed by atoms with van der Waals surface area (Å²) in [5.74, 6) is -2.08. The molecule has 30 heavy (non-hydrogen) atoms. The zero-order chi connectivity index (χ0) is 21.4. The number of ether oxygens (including phenoxy) is 2. The fourth-order valence-electron chi connectivity index (χ4n) is 3.02. The maximum absolute atomic E-state index is 14.5. The van der Waals surface area contributed by atoms with Crippen molar-refractivity contribution >= 4 is 34.5 Å². The summed E-state index contributed by atoms with van der Waals surface area (Å²) in [5.41, 5.74) is 1.04. The lowest BCUT2D eigenvalue weighted by Crippen LogP contribution is -2.30. The second-order valence-electron chi connectivity index (χ2n) is 6.42. The van der Waals surface area contributed by atoms with Crippen LogP contribution in [0.1, 0.15) is 6.92 Å². The molecular formula is C20H15FN4O5. The first kappa shape index (κ1) is 19.2. The molecule has 0 aliphatic carbocycles. The van der Waals surface area contributed by atoms with Gasteiger partial charge in [0.25, 0.3) is 11.8 Å². The van der Waals surface area contributed by atoms with Gasteiger partial charge < -0.3 is 9.47 Å². The van der Waals surface area contributed by atoms with Crippen LogP contribution in [0, 0.1) is 5.82 Å². The molecule has 10 heteroatoms. The van der Waals surface area contributed by atoms with Crippen molar-refractivity contribution in [2.45, 2.75) is 13.0 Å². The van der Waals surface area contributed by atoms with Crippen LogP contribution in [0.15, 0.2) is 48.6 Å². The summed E-state index contributed by atoms with van der Waals surface area (Å²) in [6, 6.07) is 9.06. The second-order valence-corrected chi connectivity index (χ2v) is 6.42. The Morgan fingerprint density at radius 2 is 1.77 bits per heavy atom. The topological polar surface area (TPSA) is 104 Å². The lowest BCUT2D eigenvalue weighted by Gasteiger charge is -2.15. The predicted molar refractivity (Wildman–Crippen MR) is 103 cm³/mol. The van der Waals surface area contributed by atoms with Gasteiger partial charge in [0.1, 0.15) is 17.1 Å². The predicted octanol–water partition coefficient (Wildman–Crippen LogP) is 1.93. The first-order valence-electron chi connectivity index (χ1n) is 8.85. The fraction of sp³-hybridized carbons (Fsp3) is 0.150. The van der Waals surface area contributed by atoms with E-state index in [1.165, 1.54) is 17.9 Å². The van der Waals surface area contributed by atoms with E-state index in [2.05, 4.69) is 15.0 Å². The summed E-state index contributed by atoms with van der Waals surface area (Å²) in [4.78, 5) is 36.1. The van der Waals surface area contributed by atoms with Crippen LogP contribution in [0.4, 0.5) is 10.1 Å². The molecule has 1 aliphatic heterocycles. The molecule has 0 bridgehead atoms. The number of carbonyl (C=O) groups is 3. The number of rotatable bonds is 5. The molecule has 1 aromatic heterocycles. The van der Waals surface area contributed by atoms with Gasteiger partial charge in [0.2, 0.25) is 0 Å². The molecule has 0 saturated heterocycles. The highest BCUT2D eigenvalue weighted by Gasteiger charge is 2.28. The third-order valence-electron chi connectivity index (χ3n) is 4.49. The number of anilines is 1. The van der Waals surface area contributed by atoms with Crippen LogP contribution in [0.3, 0.4) is 0 Å². The van der Waals surface area contributed by atoms with Gasteiger partial charge in [0, 0.05) is 18.2 Å². The molecule has 2 aromatic carbocycles.